The number of aromatic nitrogens is 2. The van der Waals surface area contributed by atoms with Crippen molar-refractivity contribution >= 4 is 45.9 Å². The van der Waals surface area contributed by atoms with Gasteiger partial charge in [-0.05, 0) is 35.9 Å². The van der Waals surface area contributed by atoms with Crippen LogP contribution in [0.15, 0.2) is 30.3 Å². The molecular formula is C18H14ClN3O6. The van der Waals surface area contributed by atoms with Crippen molar-refractivity contribution in [1.82, 2.24) is 9.97 Å². The molecule has 3 N–H and O–H groups in total. The second-order valence-electron chi connectivity index (χ2n) is 5.60. The summed E-state index contributed by atoms with van der Waals surface area (Å²) in [7, 11) is 2.96. The molecule has 0 radical (unpaired) electrons. The Morgan fingerprint density at radius 3 is 2.04 bits per heavy atom. The van der Waals surface area contributed by atoms with Crippen LogP contribution in [0.2, 0.25) is 5.28 Å². The molecule has 0 aliphatic heterocycles. The van der Waals surface area contributed by atoms with E-state index in [-0.39, 0.29) is 27.9 Å². The summed E-state index contributed by atoms with van der Waals surface area (Å²) in [5.41, 5.74) is 0.286. The molecule has 28 heavy (non-hydrogen) atoms. The first-order valence-corrected chi connectivity index (χ1v) is 8.18. The van der Waals surface area contributed by atoms with Crippen molar-refractivity contribution in [3.63, 3.8) is 0 Å². The van der Waals surface area contributed by atoms with E-state index in [0.717, 1.165) is 6.07 Å². The number of halogens is 1. The molecule has 1 aromatic heterocycles. The van der Waals surface area contributed by atoms with Crippen molar-refractivity contribution in [1.29, 1.82) is 0 Å². The second-order valence-corrected chi connectivity index (χ2v) is 5.94. The molecule has 9 nitrogen and oxygen atoms in total. The monoisotopic (exact) mass is 403 g/mol. The van der Waals surface area contributed by atoms with Gasteiger partial charge in [-0.1, -0.05) is 0 Å². The van der Waals surface area contributed by atoms with Crippen LogP contribution in [0.4, 0.5) is 11.5 Å². The highest BCUT2D eigenvalue weighted by Crippen LogP contribution is 2.35. The normalized spacial score (nSPS) is 10.5. The fourth-order valence-corrected chi connectivity index (χ4v) is 2.78. The molecule has 0 saturated heterocycles. The van der Waals surface area contributed by atoms with E-state index in [9.17, 15) is 19.8 Å². The molecule has 0 amide bonds. The highest BCUT2D eigenvalue weighted by atomic mass is 35.5. The molecule has 3 aromatic rings. The Morgan fingerprint density at radius 1 is 0.929 bits per heavy atom. The summed E-state index contributed by atoms with van der Waals surface area (Å²) in [6.45, 7) is 0. The predicted octanol–water partition coefficient (Wildman–Crippen LogP) is 3.44. The van der Waals surface area contributed by atoms with Crippen LogP contribution in [-0.2, 0) is 0 Å². The van der Waals surface area contributed by atoms with E-state index in [1.807, 2.05) is 0 Å². The minimum absolute atomic E-state index is 0.0601. The Bertz CT molecular complexity index is 1070. The SMILES string of the molecule is COc1cc2nc(Cl)nc(Nc3cc(C(=O)O)cc(C(=O)O)c3)c2cc1OC. The molecule has 0 aliphatic carbocycles. The summed E-state index contributed by atoms with van der Waals surface area (Å²) in [6.07, 6.45) is 0. The minimum Gasteiger partial charge on any atom is -0.493 e. The highest BCUT2D eigenvalue weighted by molar-refractivity contribution is 6.28. The predicted molar refractivity (Wildman–Crippen MR) is 101 cm³/mol. The van der Waals surface area contributed by atoms with Crippen molar-refractivity contribution in [2.45, 2.75) is 0 Å². The number of fused-ring (bicyclic) bond motifs is 1. The number of anilines is 2. The Morgan fingerprint density at radius 2 is 1.50 bits per heavy atom. The zero-order chi connectivity index (χ0) is 20.4. The summed E-state index contributed by atoms with van der Waals surface area (Å²) in [6, 6.07) is 6.89. The molecule has 0 unspecified atom stereocenters. The van der Waals surface area contributed by atoms with E-state index in [1.165, 1.54) is 26.4 Å². The van der Waals surface area contributed by atoms with E-state index in [2.05, 4.69) is 15.3 Å². The lowest BCUT2D eigenvalue weighted by molar-refractivity contribution is 0.0696. The first kappa shape index (κ1) is 19.2. The summed E-state index contributed by atoms with van der Waals surface area (Å²) in [4.78, 5) is 30.9. The van der Waals surface area contributed by atoms with Gasteiger partial charge in [-0.15, -0.1) is 0 Å². The number of carboxylic acid groups (broad SMARTS) is 2. The van der Waals surface area contributed by atoms with Crippen molar-refractivity contribution in [2.24, 2.45) is 0 Å². The summed E-state index contributed by atoms with van der Waals surface area (Å²) in [5.74, 6) is -1.41. The van der Waals surface area contributed by atoms with E-state index in [0.29, 0.717) is 22.4 Å². The van der Waals surface area contributed by atoms with Crippen molar-refractivity contribution in [3.8, 4) is 11.5 Å². The average molecular weight is 404 g/mol. The lowest BCUT2D eigenvalue weighted by atomic mass is 10.1. The summed E-state index contributed by atoms with van der Waals surface area (Å²) < 4.78 is 10.5. The van der Waals surface area contributed by atoms with Gasteiger partial charge in [0.05, 0.1) is 30.9 Å². The molecule has 0 spiro atoms. The van der Waals surface area contributed by atoms with Gasteiger partial charge in [0.2, 0.25) is 5.28 Å². The van der Waals surface area contributed by atoms with Gasteiger partial charge in [0.15, 0.2) is 11.5 Å². The molecule has 0 saturated carbocycles. The Kier molecular flexibility index (Phi) is 5.18. The number of nitrogens with one attached hydrogen (secondary N) is 1. The molecule has 0 bridgehead atoms. The van der Waals surface area contributed by atoms with Crippen molar-refractivity contribution in [3.05, 3.63) is 46.7 Å². The maximum Gasteiger partial charge on any atom is 0.335 e. The Labute approximate surface area is 163 Å². The Hall–Kier alpha value is -3.59. The van der Waals surface area contributed by atoms with Crippen LogP contribution in [0, 0.1) is 0 Å². The number of carboxylic acids is 2. The highest BCUT2D eigenvalue weighted by Gasteiger charge is 2.15. The molecule has 0 fully saturated rings. The number of carbonyl (C=O) groups is 2. The molecule has 2 aromatic carbocycles. The largest absolute Gasteiger partial charge is 0.493 e. The van der Waals surface area contributed by atoms with Crippen LogP contribution in [0.1, 0.15) is 20.7 Å². The van der Waals surface area contributed by atoms with Crippen molar-refractivity contribution in [2.75, 3.05) is 19.5 Å². The summed E-state index contributed by atoms with van der Waals surface area (Å²) in [5, 5.41) is 21.8. The van der Waals surface area contributed by atoms with Gasteiger partial charge in [-0.2, -0.15) is 4.98 Å². The van der Waals surface area contributed by atoms with Crippen LogP contribution in [-0.4, -0.2) is 46.3 Å². The first-order chi connectivity index (χ1) is 13.3. The number of hydrogen-bond acceptors (Lipinski definition) is 7. The van der Waals surface area contributed by atoms with Crippen LogP contribution < -0.4 is 14.8 Å². The first-order valence-electron chi connectivity index (χ1n) is 7.80. The zero-order valence-electron chi connectivity index (χ0n) is 14.7. The standard InChI is InChI=1S/C18H14ClN3O6/c1-27-13-6-11-12(7-14(13)28-2)21-18(19)22-15(11)20-10-4-8(16(23)24)3-9(5-10)17(25)26/h3-7H,1-2H3,(H,23,24)(H,25,26)(H,20,21,22). The number of aromatic carboxylic acids is 2. The van der Waals surface area contributed by atoms with Gasteiger partial charge < -0.3 is 25.0 Å². The quantitative estimate of drug-likeness (QED) is 0.529. The van der Waals surface area contributed by atoms with Crippen LogP contribution in [0.3, 0.4) is 0 Å². The van der Waals surface area contributed by atoms with Gasteiger partial charge in [0.1, 0.15) is 5.82 Å². The lowest BCUT2D eigenvalue weighted by Gasteiger charge is -2.13. The number of benzene rings is 2. The van der Waals surface area contributed by atoms with Gasteiger partial charge in [0, 0.05) is 17.1 Å². The van der Waals surface area contributed by atoms with E-state index < -0.39 is 11.9 Å². The molecule has 3 rings (SSSR count). The molecule has 10 heteroatoms. The maximum absolute atomic E-state index is 11.3. The van der Waals surface area contributed by atoms with Gasteiger partial charge in [-0.3, -0.25) is 0 Å². The fourth-order valence-electron chi connectivity index (χ4n) is 2.61. The number of nitrogens with zero attached hydrogens (tertiary/aromatic N) is 2. The van der Waals surface area contributed by atoms with Gasteiger partial charge >= 0.3 is 11.9 Å². The lowest BCUT2D eigenvalue weighted by Crippen LogP contribution is -2.05. The summed E-state index contributed by atoms with van der Waals surface area (Å²) >= 11 is 6.00. The second kappa shape index (κ2) is 7.57. The third kappa shape index (κ3) is 3.74. The van der Waals surface area contributed by atoms with Crippen LogP contribution in [0.5, 0.6) is 11.5 Å². The topological polar surface area (TPSA) is 131 Å². The Balaban J connectivity index is 2.16. The van der Waals surface area contributed by atoms with Gasteiger partial charge in [0.25, 0.3) is 0 Å². The van der Waals surface area contributed by atoms with E-state index in [4.69, 9.17) is 21.1 Å². The van der Waals surface area contributed by atoms with Crippen LogP contribution >= 0.6 is 11.6 Å². The minimum atomic E-state index is -1.26. The third-order valence-electron chi connectivity index (χ3n) is 3.86. The molecule has 0 aliphatic rings. The number of ether oxygens (including phenoxy) is 2. The molecule has 144 valence electrons. The fraction of sp³-hybridized carbons (Fsp3) is 0.111. The number of hydrogen-bond donors (Lipinski definition) is 3. The van der Waals surface area contributed by atoms with E-state index in [1.54, 1.807) is 12.1 Å². The van der Waals surface area contributed by atoms with Gasteiger partial charge in [-0.25, -0.2) is 14.6 Å². The molecular weight excluding hydrogens is 390 g/mol. The van der Waals surface area contributed by atoms with Crippen LogP contribution in [0.25, 0.3) is 10.9 Å². The number of rotatable bonds is 6. The average Bonchev–Trinajstić information content (AvgIpc) is 2.66. The molecule has 0 atom stereocenters. The maximum atomic E-state index is 11.3. The van der Waals surface area contributed by atoms with Crippen molar-refractivity contribution < 1.29 is 29.3 Å². The van der Waals surface area contributed by atoms with E-state index >= 15 is 0 Å². The third-order valence-corrected chi connectivity index (χ3v) is 4.03. The zero-order valence-corrected chi connectivity index (χ0v) is 15.4. The molecule has 1 heterocycles. The number of methoxy groups -OCH3 is 2. The smallest absolute Gasteiger partial charge is 0.335 e.